The zero-order chi connectivity index (χ0) is 18.6. The van der Waals surface area contributed by atoms with Gasteiger partial charge in [0.1, 0.15) is 5.82 Å². The predicted octanol–water partition coefficient (Wildman–Crippen LogP) is 2.59. The second kappa shape index (κ2) is 7.61. The van der Waals surface area contributed by atoms with E-state index < -0.39 is 0 Å². The minimum Gasteiger partial charge on any atom is -0.347 e. The highest BCUT2D eigenvalue weighted by atomic mass is 16.2. The first-order valence-electron chi connectivity index (χ1n) is 9.25. The van der Waals surface area contributed by atoms with Gasteiger partial charge in [0.2, 0.25) is 11.8 Å². The number of benzene rings is 2. The number of carbonyl (C=O) groups is 2. The number of hydrogen-bond acceptors (Lipinski definition) is 3. The van der Waals surface area contributed by atoms with Gasteiger partial charge in [-0.2, -0.15) is 0 Å². The lowest BCUT2D eigenvalue weighted by molar-refractivity contribution is -0.133. The maximum atomic E-state index is 12.7. The summed E-state index contributed by atoms with van der Waals surface area (Å²) in [4.78, 5) is 34.6. The van der Waals surface area contributed by atoms with E-state index in [-0.39, 0.29) is 30.8 Å². The monoisotopic (exact) mass is 362 g/mol. The second-order valence-electron chi connectivity index (χ2n) is 6.82. The average molecular weight is 362 g/mol. The third-order valence-electron chi connectivity index (χ3n) is 4.94. The molecule has 2 heterocycles. The van der Waals surface area contributed by atoms with E-state index in [1.165, 1.54) is 0 Å². The molecular formula is C21H22N4O2. The Hall–Kier alpha value is -3.15. The van der Waals surface area contributed by atoms with Crippen molar-refractivity contribution in [1.29, 1.82) is 0 Å². The SMILES string of the molecule is O=C(Cc1ccccc1)NCC(=O)N1CCC[C@@H]1c1nc2ccccc2[nH]1. The van der Waals surface area contributed by atoms with Gasteiger partial charge in [0, 0.05) is 6.54 Å². The molecule has 1 atom stereocenters. The largest absolute Gasteiger partial charge is 0.347 e. The topological polar surface area (TPSA) is 78.1 Å². The lowest BCUT2D eigenvalue weighted by Crippen LogP contribution is -2.40. The van der Waals surface area contributed by atoms with Crippen molar-refractivity contribution in [2.45, 2.75) is 25.3 Å². The van der Waals surface area contributed by atoms with Crippen LogP contribution in [0.5, 0.6) is 0 Å². The molecule has 1 fully saturated rings. The van der Waals surface area contributed by atoms with Gasteiger partial charge in [-0.25, -0.2) is 4.98 Å². The van der Waals surface area contributed by atoms with E-state index >= 15 is 0 Å². The van der Waals surface area contributed by atoms with E-state index in [1.807, 2.05) is 59.5 Å². The Kier molecular flexibility index (Phi) is 4.87. The lowest BCUT2D eigenvalue weighted by atomic mass is 10.1. The Morgan fingerprint density at radius 3 is 2.70 bits per heavy atom. The van der Waals surface area contributed by atoms with Crippen molar-refractivity contribution >= 4 is 22.8 Å². The summed E-state index contributed by atoms with van der Waals surface area (Å²) in [6.07, 6.45) is 2.09. The van der Waals surface area contributed by atoms with E-state index in [4.69, 9.17) is 0 Å². The van der Waals surface area contributed by atoms with Crippen molar-refractivity contribution in [3.63, 3.8) is 0 Å². The second-order valence-corrected chi connectivity index (χ2v) is 6.82. The van der Waals surface area contributed by atoms with E-state index in [1.54, 1.807) is 0 Å². The maximum Gasteiger partial charge on any atom is 0.242 e. The minimum atomic E-state index is -0.144. The first-order valence-corrected chi connectivity index (χ1v) is 9.25. The van der Waals surface area contributed by atoms with Crippen LogP contribution in [0.1, 0.15) is 30.3 Å². The fourth-order valence-corrected chi connectivity index (χ4v) is 3.60. The zero-order valence-corrected chi connectivity index (χ0v) is 15.0. The first kappa shape index (κ1) is 17.3. The lowest BCUT2D eigenvalue weighted by Gasteiger charge is -2.23. The molecule has 2 aromatic carbocycles. The Labute approximate surface area is 157 Å². The molecule has 2 N–H and O–H groups in total. The molecule has 138 valence electrons. The Morgan fingerprint density at radius 2 is 1.89 bits per heavy atom. The number of hydrogen-bond donors (Lipinski definition) is 2. The van der Waals surface area contributed by atoms with Gasteiger partial charge >= 0.3 is 0 Å². The number of H-pyrrole nitrogens is 1. The van der Waals surface area contributed by atoms with Gasteiger partial charge in [-0.05, 0) is 30.5 Å². The Morgan fingerprint density at radius 1 is 1.11 bits per heavy atom. The van der Waals surface area contributed by atoms with Gasteiger partial charge in [0.15, 0.2) is 0 Å². The fraction of sp³-hybridized carbons (Fsp3) is 0.286. The van der Waals surface area contributed by atoms with Crippen LogP contribution in [-0.4, -0.2) is 39.8 Å². The van der Waals surface area contributed by atoms with E-state index in [0.29, 0.717) is 6.54 Å². The van der Waals surface area contributed by atoms with Crippen molar-refractivity contribution in [1.82, 2.24) is 20.2 Å². The molecule has 0 bridgehead atoms. The number of nitrogens with one attached hydrogen (secondary N) is 2. The molecular weight excluding hydrogens is 340 g/mol. The number of aromatic amines is 1. The molecule has 1 aromatic heterocycles. The van der Waals surface area contributed by atoms with Crippen LogP contribution in [0.15, 0.2) is 54.6 Å². The molecule has 2 amide bonds. The third kappa shape index (κ3) is 3.84. The van der Waals surface area contributed by atoms with Gasteiger partial charge in [-0.15, -0.1) is 0 Å². The van der Waals surface area contributed by atoms with E-state index in [2.05, 4.69) is 15.3 Å². The van der Waals surface area contributed by atoms with Crippen LogP contribution >= 0.6 is 0 Å². The van der Waals surface area contributed by atoms with Crippen molar-refractivity contribution in [3.8, 4) is 0 Å². The summed E-state index contributed by atoms with van der Waals surface area (Å²) in [7, 11) is 0. The van der Waals surface area contributed by atoms with Crippen LogP contribution < -0.4 is 5.32 Å². The number of likely N-dealkylation sites (tertiary alicyclic amines) is 1. The van der Waals surface area contributed by atoms with E-state index in [0.717, 1.165) is 35.3 Å². The number of imidazole rings is 1. The summed E-state index contributed by atoms with van der Waals surface area (Å²) in [6, 6.07) is 17.3. The highest BCUT2D eigenvalue weighted by molar-refractivity contribution is 5.86. The fourth-order valence-electron chi connectivity index (χ4n) is 3.60. The smallest absolute Gasteiger partial charge is 0.242 e. The molecule has 0 aliphatic carbocycles. The number of fused-ring (bicyclic) bond motifs is 1. The number of rotatable bonds is 5. The Bertz CT molecular complexity index is 918. The number of para-hydroxylation sites is 2. The number of aromatic nitrogens is 2. The molecule has 0 saturated carbocycles. The van der Waals surface area contributed by atoms with Crippen LogP contribution in [0.2, 0.25) is 0 Å². The van der Waals surface area contributed by atoms with Crippen LogP contribution in [0.4, 0.5) is 0 Å². The molecule has 1 aliphatic heterocycles. The molecule has 6 heteroatoms. The normalized spacial score (nSPS) is 16.6. The molecule has 6 nitrogen and oxygen atoms in total. The maximum absolute atomic E-state index is 12.7. The van der Waals surface area contributed by atoms with Crippen molar-refractivity contribution in [3.05, 3.63) is 66.0 Å². The molecule has 4 rings (SSSR count). The van der Waals surface area contributed by atoms with Crippen molar-refractivity contribution in [2.24, 2.45) is 0 Å². The number of carbonyl (C=O) groups excluding carboxylic acids is 2. The Balaban J connectivity index is 1.38. The summed E-state index contributed by atoms with van der Waals surface area (Å²) in [5, 5.41) is 2.75. The zero-order valence-electron chi connectivity index (χ0n) is 15.0. The van der Waals surface area contributed by atoms with Gasteiger partial charge in [-0.1, -0.05) is 42.5 Å². The van der Waals surface area contributed by atoms with Gasteiger partial charge < -0.3 is 15.2 Å². The molecule has 3 aromatic rings. The molecule has 0 radical (unpaired) electrons. The quantitative estimate of drug-likeness (QED) is 0.732. The molecule has 27 heavy (non-hydrogen) atoms. The van der Waals surface area contributed by atoms with Crippen LogP contribution in [-0.2, 0) is 16.0 Å². The number of nitrogens with zero attached hydrogens (tertiary/aromatic N) is 2. The molecule has 0 spiro atoms. The van der Waals surface area contributed by atoms with Crippen LogP contribution in [0.25, 0.3) is 11.0 Å². The summed E-state index contributed by atoms with van der Waals surface area (Å²) in [5.74, 6) is 0.603. The average Bonchev–Trinajstić information content (AvgIpc) is 3.33. The third-order valence-corrected chi connectivity index (χ3v) is 4.94. The van der Waals surface area contributed by atoms with Gasteiger partial charge in [0.25, 0.3) is 0 Å². The first-order chi connectivity index (χ1) is 13.2. The van der Waals surface area contributed by atoms with Crippen molar-refractivity contribution in [2.75, 3.05) is 13.1 Å². The van der Waals surface area contributed by atoms with Gasteiger partial charge in [0.05, 0.1) is 30.0 Å². The summed E-state index contributed by atoms with van der Waals surface area (Å²) in [6.45, 7) is 0.706. The molecule has 1 aliphatic rings. The predicted molar refractivity (Wildman–Crippen MR) is 103 cm³/mol. The summed E-state index contributed by atoms with van der Waals surface area (Å²) in [5.41, 5.74) is 2.81. The van der Waals surface area contributed by atoms with Crippen LogP contribution in [0.3, 0.4) is 0 Å². The van der Waals surface area contributed by atoms with Gasteiger partial charge in [-0.3, -0.25) is 9.59 Å². The standard InChI is InChI=1S/C21H22N4O2/c26-19(13-15-7-2-1-3-8-15)22-14-20(27)25-12-6-11-18(25)21-23-16-9-4-5-10-17(16)24-21/h1-5,7-10,18H,6,11-14H2,(H,22,26)(H,23,24)/t18-/m1/s1. The molecule has 1 saturated heterocycles. The van der Waals surface area contributed by atoms with Crippen LogP contribution in [0, 0.1) is 0 Å². The summed E-state index contributed by atoms with van der Waals surface area (Å²) < 4.78 is 0. The highest BCUT2D eigenvalue weighted by Crippen LogP contribution is 2.31. The summed E-state index contributed by atoms with van der Waals surface area (Å²) >= 11 is 0. The van der Waals surface area contributed by atoms with E-state index in [9.17, 15) is 9.59 Å². The molecule has 0 unspecified atom stereocenters. The highest BCUT2D eigenvalue weighted by Gasteiger charge is 2.32. The minimum absolute atomic E-state index is 0.0163. The van der Waals surface area contributed by atoms with Crippen molar-refractivity contribution < 1.29 is 9.59 Å². The number of amides is 2.